The third kappa shape index (κ3) is 4.33. The number of nitrogens with zero attached hydrogens (tertiary/aromatic N) is 2. The Labute approximate surface area is 161 Å². The van der Waals surface area contributed by atoms with Gasteiger partial charge in [-0.3, -0.25) is 9.69 Å². The molecule has 2 aromatic rings. The van der Waals surface area contributed by atoms with Gasteiger partial charge in [-0.15, -0.1) is 0 Å². The Morgan fingerprint density at radius 2 is 1.78 bits per heavy atom. The Hall–Kier alpha value is -2.33. The molecule has 0 spiro atoms. The van der Waals surface area contributed by atoms with Crippen molar-refractivity contribution in [2.75, 3.05) is 26.7 Å². The molecule has 1 amide bonds. The summed E-state index contributed by atoms with van der Waals surface area (Å²) in [7, 11) is 1.67. The second kappa shape index (κ2) is 8.13. The summed E-state index contributed by atoms with van der Waals surface area (Å²) >= 11 is 0. The minimum absolute atomic E-state index is 0.170. The van der Waals surface area contributed by atoms with Crippen molar-refractivity contribution in [3.8, 4) is 5.75 Å². The van der Waals surface area contributed by atoms with Gasteiger partial charge in [0, 0.05) is 32.1 Å². The largest absolute Gasteiger partial charge is 0.497 e. The third-order valence-electron chi connectivity index (χ3n) is 5.77. The van der Waals surface area contributed by atoms with Gasteiger partial charge < -0.3 is 9.64 Å². The summed E-state index contributed by atoms with van der Waals surface area (Å²) in [4.78, 5) is 17.7. The standard InChI is InChI=1S/C23H28N2O2/c1-27-21-12-7-18(8-13-21)9-14-23(26)25-16-15-24(20-10-11-20)17-22(25)19-5-3-2-4-6-19/h2-8,12-13,20,22H,9-11,14-17H2,1H3. The molecule has 1 saturated heterocycles. The Kier molecular flexibility index (Phi) is 5.44. The van der Waals surface area contributed by atoms with E-state index in [1.54, 1.807) is 7.11 Å². The predicted octanol–water partition coefficient (Wildman–Crippen LogP) is 3.68. The van der Waals surface area contributed by atoms with Crippen LogP contribution < -0.4 is 4.74 Å². The van der Waals surface area contributed by atoms with Gasteiger partial charge in [0.15, 0.2) is 0 Å². The minimum atomic E-state index is 0.170. The van der Waals surface area contributed by atoms with Crippen molar-refractivity contribution in [1.82, 2.24) is 9.80 Å². The number of aryl methyl sites for hydroxylation is 1. The summed E-state index contributed by atoms with van der Waals surface area (Å²) in [5, 5.41) is 0. The number of carbonyl (C=O) groups excluding carboxylic acids is 1. The van der Waals surface area contributed by atoms with Crippen LogP contribution in [0.15, 0.2) is 54.6 Å². The molecule has 4 rings (SSSR count). The Balaban J connectivity index is 1.43. The van der Waals surface area contributed by atoms with Crippen molar-refractivity contribution in [2.24, 2.45) is 0 Å². The van der Waals surface area contributed by atoms with E-state index in [-0.39, 0.29) is 11.9 Å². The zero-order valence-corrected chi connectivity index (χ0v) is 16.0. The number of piperazine rings is 1. The predicted molar refractivity (Wildman–Crippen MR) is 107 cm³/mol. The van der Waals surface area contributed by atoms with Gasteiger partial charge in [0.25, 0.3) is 0 Å². The maximum atomic E-state index is 13.1. The summed E-state index contributed by atoms with van der Waals surface area (Å²) < 4.78 is 5.21. The number of hydrogen-bond acceptors (Lipinski definition) is 3. The molecule has 1 unspecified atom stereocenters. The molecule has 1 atom stereocenters. The lowest BCUT2D eigenvalue weighted by Crippen LogP contribution is -2.51. The third-order valence-corrected chi connectivity index (χ3v) is 5.77. The molecule has 0 aromatic heterocycles. The van der Waals surface area contributed by atoms with Gasteiger partial charge in [-0.2, -0.15) is 0 Å². The number of hydrogen-bond donors (Lipinski definition) is 0. The Morgan fingerprint density at radius 1 is 1.04 bits per heavy atom. The number of methoxy groups -OCH3 is 1. The zero-order chi connectivity index (χ0) is 18.6. The molecule has 1 aliphatic heterocycles. The first kappa shape index (κ1) is 18.1. The minimum Gasteiger partial charge on any atom is -0.497 e. The smallest absolute Gasteiger partial charge is 0.223 e. The van der Waals surface area contributed by atoms with E-state index in [1.807, 2.05) is 30.3 Å². The van der Waals surface area contributed by atoms with Crippen molar-refractivity contribution in [2.45, 2.75) is 37.8 Å². The topological polar surface area (TPSA) is 32.8 Å². The van der Waals surface area contributed by atoms with Gasteiger partial charge in [-0.1, -0.05) is 42.5 Å². The molecule has 0 N–H and O–H groups in total. The van der Waals surface area contributed by atoms with E-state index in [4.69, 9.17) is 4.74 Å². The van der Waals surface area contributed by atoms with Crippen LogP contribution in [0.4, 0.5) is 0 Å². The van der Waals surface area contributed by atoms with E-state index in [2.05, 4.69) is 34.1 Å². The van der Waals surface area contributed by atoms with E-state index in [0.717, 1.165) is 37.8 Å². The van der Waals surface area contributed by atoms with Crippen LogP contribution in [0.1, 0.15) is 36.4 Å². The molecule has 4 nitrogen and oxygen atoms in total. The number of amides is 1. The van der Waals surface area contributed by atoms with Gasteiger partial charge in [-0.25, -0.2) is 0 Å². The maximum Gasteiger partial charge on any atom is 0.223 e. The van der Waals surface area contributed by atoms with E-state index >= 15 is 0 Å². The molecular weight excluding hydrogens is 336 g/mol. The SMILES string of the molecule is COc1ccc(CCC(=O)N2CCN(C3CC3)CC2c2ccccc2)cc1. The molecule has 2 aromatic carbocycles. The molecule has 1 aliphatic carbocycles. The van der Waals surface area contributed by atoms with Crippen LogP contribution in [0.5, 0.6) is 5.75 Å². The first-order chi connectivity index (χ1) is 13.2. The van der Waals surface area contributed by atoms with Crippen molar-refractivity contribution < 1.29 is 9.53 Å². The van der Waals surface area contributed by atoms with Crippen molar-refractivity contribution in [1.29, 1.82) is 0 Å². The van der Waals surface area contributed by atoms with E-state index < -0.39 is 0 Å². The lowest BCUT2D eigenvalue weighted by Gasteiger charge is -2.42. The van der Waals surface area contributed by atoms with Crippen LogP contribution in [-0.4, -0.2) is 48.5 Å². The summed E-state index contributed by atoms with van der Waals surface area (Å²) in [6.07, 6.45) is 3.95. The number of ether oxygens (including phenoxy) is 1. The van der Waals surface area contributed by atoms with Crippen LogP contribution in [0.25, 0.3) is 0 Å². The highest BCUT2D eigenvalue weighted by Gasteiger charge is 2.37. The highest BCUT2D eigenvalue weighted by molar-refractivity contribution is 5.77. The number of carbonyl (C=O) groups is 1. The summed E-state index contributed by atoms with van der Waals surface area (Å²) in [5.74, 6) is 1.11. The molecule has 0 bridgehead atoms. The molecule has 4 heteroatoms. The Morgan fingerprint density at radius 3 is 2.44 bits per heavy atom. The van der Waals surface area contributed by atoms with Gasteiger partial charge >= 0.3 is 0 Å². The van der Waals surface area contributed by atoms with Gasteiger partial charge in [0.05, 0.1) is 13.2 Å². The molecular formula is C23H28N2O2. The van der Waals surface area contributed by atoms with Crippen LogP contribution in [-0.2, 0) is 11.2 Å². The molecule has 0 radical (unpaired) electrons. The number of rotatable bonds is 6. The summed E-state index contributed by atoms with van der Waals surface area (Å²) in [6, 6.07) is 19.4. The van der Waals surface area contributed by atoms with Gasteiger partial charge in [-0.05, 0) is 42.5 Å². The molecule has 2 fully saturated rings. The molecule has 1 saturated carbocycles. The average Bonchev–Trinajstić information content (AvgIpc) is 3.58. The second-order valence-corrected chi connectivity index (χ2v) is 7.59. The highest BCUT2D eigenvalue weighted by Crippen LogP contribution is 2.33. The maximum absolute atomic E-state index is 13.1. The molecule has 1 heterocycles. The van der Waals surface area contributed by atoms with Crippen molar-refractivity contribution >= 4 is 5.91 Å². The molecule has 142 valence electrons. The normalized spacial score (nSPS) is 20.5. The van der Waals surface area contributed by atoms with Crippen LogP contribution in [0.3, 0.4) is 0 Å². The second-order valence-electron chi connectivity index (χ2n) is 7.59. The first-order valence-corrected chi connectivity index (χ1v) is 9.96. The summed E-state index contributed by atoms with van der Waals surface area (Å²) in [5.41, 5.74) is 2.43. The highest BCUT2D eigenvalue weighted by atomic mass is 16.5. The monoisotopic (exact) mass is 364 g/mol. The Bertz CT molecular complexity index is 756. The quantitative estimate of drug-likeness (QED) is 0.784. The van der Waals surface area contributed by atoms with Crippen molar-refractivity contribution in [3.05, 3.63) is 65.7 Å². The summed E-state index contributed by atoms with van der Waals surface area (Å²) in [6.45, 7) is 2.79. The average molecular weight is 364 g/mol. The lowest BCUT2D eigenvalue weighted by molar-refractivity contribution is -0.136. The van der Waals surface area contributed by atoms with Crippen molar-refractivity contribution in [3.63, 3.8) is 0 Å². The molecule has 27 heavy (non-hydrogen) atoms. The first-order valence-electron chi connectivity index (χ1n) is 9.96. The van der Waals surface area contributed by atoms with Crippen LogP contribution in [0.2, 0.25) is 0 Å². The van der Waals surface area contributed by atoms with Gasteiger partial charge in [0.2, 0.25) is 5.91 Å². The van der Waals surface area contributed by atoms with Crippen LogP contribution >= 0.6 is 0 Å². The van der Waals surface area contributed by atoms with E-state index in [9.17, 15) is 4.79 Å². The van der Waals surface area contributed by atoms with E-state index in [1.165, 1.54) is 24.0 Å². The van der Waals surface area contributed by atoms with Crippen LogP contribution in [0, 0.1) is 0 Å². The number of benzene rings is 2. The lowest BCUT2D eigenvalue weighted by atomic mass is 10.0. The fourth-order valence-corrected chi connectivity index (χ4v) is 4.02. The van der Waals surface area contributed by atoms with E-state index in [0.29, 0.717) is 6.42 Å². The fourth-order valence-electron chi connectivity index (χ4n) is 4.02. The van der Waals surface area contributed by atoms with Gasteiger partial charge in [0.1, 0.15) is 5.75 Å². The fraction of sp³-hybridized carbons (Fsp3) is 0.435. The molecule has 2 aliphatic rings. The zero-order valence-electron chi connectivity index (χ0n) is 16.0.